The minimum absolute atomic E-state index is 0.0101. The van der Waals surface area contributed by atoms with Gasteiger partial charge in [-0.3, -0.25) is 9.59 Å². The number of amides is 2. The zero-order valence-corrected chi connectivity index (χ0v) is 10.9. The van der Waals surface area contributed by atoms with Crippen LogP contribution in [0.15, 0.2) is 0 Å². The van der Waals surface area contributed by atoms with Crippen LogP contribution in [0.5, 0.6) is 0 Å². The van der Waals surface area contributed by atoms with Gasteiger partial charge in [0.2, 0.25) is 11.8 Å². The normalized spacial score (nSPS) is 25.8. The van der Waals surface area contributed by atoms with Crippen LogP contribution in [0.2, 0.25) is 0 Å². The van der Waals surface area contributed by atoms with E-state index in [1.54, 1.807) is 4.90 Å². The zero-order chi connectivity index (χ0) is 13.2. The maximum atomic E-state index is 12.1. The summed E-state index contributed by atoms with van der Waals surface area (Å²) in [6.07, 6.45) is 1.89. The van der Waals surface area contributed by atoms with Gasteiger partial charge in [-0.2, -0.15) is 0 Å². The third-order valence-electron chi connectivity index (χ3n) is 3.21. The zero-order valence-electron chi connectivity index (χ0n) is 10.9. The maximum Gasteiger partial charge on any atom is 0.224 e. The first-order valence-corrected chi connectivity index (χ1v) is 6.08. The molecule has 0 aromatic rings. The van der Waals surface area contributed by atoms with Crippen LogP contribution in [0, 0.1) is 5.92 Å². The molecule has 2 unspecified atom stereocenters. The van der Waals surface area contributed by atoms with Gasteiger partial charge in [-0.05, 0) is 33.6 Å². The van der Waals surface area contributed by atoms with Crippen LogP contribution < -0.4 is 11.5 Å². The van der Waals surface area contributed by atoms with Gasteiger partial charge in [0.25, 0.3) is 0 Å². The molecule has 1 aliphatic heterocycles. The molecule has 4 N–H and O–H groups in total. The summed E-state index contributed by atoms with van der Waals surface area (Å²) in [4.78, 5) is 25.0. The van der Waals surface area contributed by atoms with Crippen molar-refractivity contribution in [2.75, 3.05) is 6.54 Å². The molecule has 1 rings (SSSR count). The van der Waals surface area contributed by atoms with Gasteiger partial charge in [0.15, 0.2) is 0 Å². The minimum Gasteiger partial charge on any atom is -0.369 e. The monoisotopic (exact) mass is 241 g/mol. The fourth-order valence-corrected chi connectivity index (χ4v) is 2.18. The van der Waals surface area contributed by atoms with Crippen molar-refractivity contribution in [3.63, 3.8) is 0 Å². The van der Waals surface area contributed by atoms with E-state index >= 15 is 0 Å². The van der Waals surface area contributed by atoms with Crippen molar-refractivity contribution in [3.8, 4) is 0 Å². The van der Waals surface area contributed by atoms with E-state index < -0.39 is 5.54 Å². The molecular weight excluding hydrogens is 218 g/mol. The van der Waals surface area contributed by atoms with Crippen LogP contribution in [-0.4, -0.2) is 34.8 Å². The molecule has 2 atom stereocenters. The van der Waals surface area contributed by atoms with Gasteiger partial charge in [0.05, 0.1) is 5.92 Å². The number of carbonyl (C=O) groups is 2. The Bertz CT molecular complexity index is 309. The lowest BCUT2D eigenvalue weighted by Gasteiger charge is -2.38. The summed E-state index contributed by atoms with van der Waals surface area (Å²) < 4.78 is 0. The Morgan fingerprint density at radius 1 is 1.35 bits per heavy atom. The predicted molar refractivity (Wildman–Crippen MR) is 66.0 cm³/mol. The largest absolute Gasteiger partial charge is 0.369 e. The number of carbonyl (C=O) groups excluding carboxylic acids is 2. The Morgan fingerprint density at radius 2 is 1.94 bits per heavy atom. The van der Waals surface area contributed by atoms with Gasteiger partial charge >= 0.3 is 0 Å². The average Bonchev–Trinajstić information content (AvgIpc) is 2.14. The minimum atomic E-state index is -0.517. The highest BCUT2D eigenvalue weighted by molar-refractivity contribution is 5.81. The maximum absolute atomic E-state index is 12.1. The average molecular weight is 241 g/mol. The molecule has 0 aromatic heterocycles. The van der Waals surface area contributed by atoms with E-state index in [2.05, 4.69) is 0 Å². The van der Waals surface area contributed by atoms with Gasteiger partial charge in [0.1, 0.15) is 0 Å². The molecule has 17 heavy (non-hydrogen) atoms. The van der Waals surface area contributed by atoms with Crippen LogP contribution >= 0.6 is 0 Å². The molecule has 0 bridgehead atoms. The van der Waals surface area contributed by atoms with Crippen LogP contribution in [-0.2, 0) is 9.59 Å². The lowest BCUT2D eigenvalue weighted by Crippen LogP contribution is -2.51. The van der Waals surface area contributed by atoms with E-state index in [1.165, 1.54) is 0 Å². The molecule has 1 fully saturated rings. The van der Waals surface area contributed by atoms with E-state index in [9.17, 15) is 9.59 Å². The molecule has 0 aliphatic carbocycles. The predicted octanol–water partition coefficient (Wildman–Crippen LogP) is 0.226. The highest BCUT2D eigenvalue weighted by Gasteiger charge is 2.32. The molecular formula is C12H23N3O2. The number of piperidine rings is 1. The summed E-state index contributed by atoms with van der Waals surface area (Å²) in [5.41, 5.74) is 10.6. The van der Waals surface area contributed by atoms with Gasteiger partial charge in [-0.15, -0.1) is 0 Å². The van der Waals surface area contributed by atoms with E-state index in [-0.39, 0.29) is 23.8 Å². The standard InChI is InChI=1S/C12H23N3O2/c1-8-4-5-9(11(13)17)7-15(8)10(16)6-12(2,3)14/h8-9H,4-7,14H2,1-3H3,(H2,13,17). The fourth-order valence-electron chi connectivity index (χ4n) is 2.18. The van der Waals surface area contributed by atoms with Crippen molar-refractivity contribution in [3.05, 3.63) is 0 Å². The van der Waals surface area contributed by atoms with Crippen molar-refractivity contribution < 1.29 is 9.59 Å². The summed E-state index contributed by atoms with van der Waals surface area (Å²) in [5.74, 6) is -0.520. The van der Waals surface area contributed by atoms with E-state index in [0.717, 1.165) is 12.8 Å². The summed E-state index contributed by atoms with van der Waals surface area (Å²) >= 11 is 0. The number of primary amides is 1. The second-order valence-corrected chi connectivity index (χ2v) is 5.74. The van der Waals surface area contributed by atoms with E-state index in [4.69, 9.17) is 11.5 Å². The quantitative estimate of drug-likeness (QED) is 0.741. The van der Waals surface area contributed by atoms with Gasteiger partial charge in [0, 0.05) is 24.5 Å². The van der Waals surface area contributed by atoms with Crippen LogP contribution in [0.1, 0.15) is 40.0 Å². The molecule has 1 heterocycles. The third-order valence-corrected chi connectivity index (χ3v) is 3.21. The van der Waals surface area contributed by atoms with Crippen LogP contribution in [0.25, 0.3) is 0 Å². The first kappa shape index (κ1) is 14.0. The SMILES string of the molecule is CC1CCC(C(N)=O)CN1C(=O)CC(C)(C)N. The number of nitrogens with two attached hydrogens (primary N) is 2. The van der Waals surface area contributed by atoms with Crippen molar-refractivity contribution in [2.24, 2.45) is 17.4 Å². The van der Waals surface area contributed by atoms with Crippen LogP contribution in [0.4, 0.5) is 0 Å². The Morgan fingerprint density at radius 3 is 2.41 bits per heavy atom. The molecule has 1 saturated heterocycles. The summed E-state index contributed by atoms with van der Waals surface area (Å²) in [5, 5.41) is 0. The number of hydrogen-bond donors (Lipinski definition) is 2. The molecule has 0 spiro atoms. The first-order chi connectivity index (χ1) is 7.70. The fraction of sp³-hybridized carbons (Fsp3) is 0.833. The Labute approximate surface area is 103 Å². The smallest absolute Gasteiger partial charge is 0.224 e. The summed E-state index contributed by atoms with van der Waals surface area (Å²) in [7, 11) is 0. The molecule has 0 saturated carbocycles. The van der Waals surface area contributed by atoms with Crippen molar-refractivity contribution in [1.29, 1.82) is 0 Å². The summed E-state index contributed by atoms with van der Waals surface area (Å²) in [6.45, 7) is 6.08. The molecule has 5 heteroatoms. The van der Waals surface area contributed by atoms with Crippen molar-refractivity contribution in [2.45, 2.75) is 51.6 Å². The topological polar surface area (TPSA) is 89.4 Å². The molecule has 0 radical (unpaired) electrons. The van der Waals surface area contributed by atoms with Gasteiger partial charge in [-0.25, -0.2) is 0 Å². The second-order valence-electron chi connectivity index (χ2n) is 5.74. The molecule has 2 amide bonds. The lowest BCUT2D eigenvalue weighted by atomic mass is 9.91. The third kappa shape index (κ3) is 4.00. The lowest BCUT2D eigenvalue weighted by molar-refractivity contribution is -0.138. The molecule has 0 aromatic carbocycles. The molecule has 1 aliphatic rings. The van der Waals surface area contributed by atoms with Gasteiger partial charge in [-0.1, -0.05) is 0 Å². The highest BCUT2D eigenvalue weighted by atomic mass is 16.2. The van der Waals surface area contributed by atoms with Crippen molar-refractivity contribution >= 4 is 11.8 Å². The summed E-state index contributed by atoms with van der Waals surface area (Å²) in [6, 6.07) is 0.167. The number of hydrogen-bond acceptors (Lipinski definition) is 3. The number of rotatable bonds is 3. The highest BCUT2D eigenvalue weighted by Crippen LogP contribution is 2.23. The Balaban J connectivity index is 2.67. The number of likely N-dealkylation sites (tertiary alicyclic amines) is 1. The molecule has 98 valence electrons. The van der Waals surface area contributed by atoms with E-state index in [1.807, 2.05) is 20.8 Å². The number of nitrogens with zero attached hydrogens (tertiary/aromatic N) is 1. The first-order valence-electron chi connectivity index (χ1n) is 6.08. The Kier molecular flexibility index (Phi) is 4.14. The van der Waals surface area contributed by atoms with Crippen LogP contribution in [0.3, 0.4) is 0 Å². The van der Waals surface area contributed by atoms with E-state index in [0.29, 0.717) is 13.0 Å². The Hall–Kier alpha value is -1.10. The second kappa shape index (κ2) is 5.04. The van der Waals surface area contributed by atoms with Gasteiger partial charge < -0.3 is 16.4 Å². The van der Waals surface area contributed by atoms with Crippen molar-refractivity contribution in [1.82, 2.24) is 4.90 Å². The molecule has 5 nitrogen and oxygen atoms in total.